The molecule has 0 aliphatic carbocycles. The lowest BCUT2D eigenvalue weighted by Gasteiger charge is -2.08. The van der Waals surface area contributed by atoms with Crippen LogP contribution in [0.4, 0.5) is 17.5 Å². The zero-order chi connectivity index (χ0) is 14.8. The predicted molar refractivity (Wildman–Crippen MR) is 83.7 cm³/mol. The number of nitrogens with two attached hydrogens (primary N) is 1. The van der Waals surface area contributed by atoms with E-state index in [0.717, 1.165) is 16.6 Å². The molecule has 0 aliphatic rings. The molecule has 0 radical (unpaired) electrons. The van der Waals surface area contributed by atoms with Crippen molar-refractivity contribution in [2.75, 3.05) is 11.1 Å². The van der Waals surface area contributed by atoms with Crippen LogP contribution in [-0.2, 0) is 0 Å². The molecule has 0 amide bonds. The number of nitrogens with zero attached hydrogens (tertiary/aromatic N) is 2. The van der Waals surface area contributed by atoms with Gasteiger partial charge in [0.05, 0.1) is 5.52 Å². The van der Waals surface area contributed by atoms with Gasteiger partial charge in [-0.05, 0) is 43.3 Å². The summed E-state index contributed by atoms with van der Waals surface area (Å²) in [7, 11) is 0. The maximum Gasteiger partial charge on any atom is 0.229 e. The molecule has 2 aromatic carbocycles. The van der Waals surface area contributed by atoms with Gasteiger partial charge in [0.25, 0.3) is 0 Å². The van der Waals surface area contributed by atoms with Crippen molar-refractivity contribution in [3.05, 3.63) is 54.1 Å². The van der Waals surface area contributed by atoms with Crippen molar-refractivity contribution in [1.82, 2.24) is 9.97 Å². The van der Waals surface area contributed by atoms with Gasteiger partial charge >= 0.3 is 0 Å². The van der Waals surface area contributed by atoms with Gasteiger partial charge in [0.1, 0.15) is 5.82 Å². The highest BCUT2D eigenvalue weighted by Gasteiger charge is 2.05. The summed E-state index contributed by atoms with van der Waals surface area (Å²) < 4.78 is 0. The van der Waals surface area contributed by atoms with E-state index in [1.54, 1.807) is 12.1 Å². The number of carbonyl (C=O) groups is 1. The van der Waals surface area contributed by atoms with E-state index in [0.29, 0.717) is 17.3 Å². The third-order valence-corrected chi connectivity index (χ3v) is 3.18. The molecule has 5 nitrogen and oxygen atoms in total. The van der Waals surface area contributed by atoms with Crippen molar-refractivity contribution in [3.8, 4) is 0 Å². The number of fused-ring (bicyclic) bond motifs is 1. The maximum absolute atomic E-state index is 11.2. The average molecular weight is 278 g/mol. The molecule has 0 atom stereocenters. The predicted octanol–water partition coefficient (Wildman–Crippen LogP) is 3.16. The van der Waals surface area contributed by atoms with Gasteiger partial charge in [0.15, 0.2) is 5.78 Å². The molecule has 0 saturated heterocycles. The maximum atomic E-state index is 11.2. The van der Waals surface area contributed by atoms with Crippen LogP contribution in [0.5, 0.6) is 0 Å². The molecule has 3 rings (SSSR count). The van der Waals surface area contributed by atoms with Crippen LogP contribution >= 0.6 is 0 Å². The van der Waals surface area contributed by atoms with Crippen molar-refractivity contribution in [2.45, 2.75) is 6.92 Å². The zero-order valence-corrected chi connectivity index (χ0v) is 11.5. The van der Waals surface area contributed by atoms with Gasteiger partial charge < -0.3 is 11.1 Å². The van der Waals surface area contributed by atoms with Crippen molar-refractivity contribution in [3.63, 3.8) is 0 Å². The van der Waals surface area contributed by atoms with E-state index in [4.69, 9.17) is 5.73 Å². The number of aromatic nitrogens is 2. The van der Waals surface area contributed by atoms with Gasteiger partial charge in [-0.2, -0.15) is 4.98 Å². The Hall–Kier alpha value is -2.95. The molecule has 0 fully saturated rings. The first-order chi connectivity index (χ1) is 10.1. The lowest BCUT2D eigenvalue weighted by molar-refractivity contribution is 0.101. The summed E-state index contributed by atoms with van der Waals surface area (Å²) in [5.41, 5.74) is 8.19. The highest BCUT2D eigenvalue weighted by molar-refractivity contribution is 5.94. The van der Waals surface area contributed by atoms with Crippen LogP contribution in [0.25, 0.3) is 10.9 Å². The first-order valence-electron chi connectivity index (χ1n) is 6.54. The van der Waals surface area contributed by atoms with E-state index < -0.39 is 0 Å². The number of Topliss-reactive ketones (excluding diaryl/α,β-unsaturated/α-hetero) is 1. The van der Waals surface area contributed by atoms with Gasteiger partial charge in [0, 0.05) is 16.6 Å². The SMILES string of the molecule is CC(=O)c1ccc(Nc2nc(N)c3ccccc3n2)cc1. The van der Waals surface area contributed by atoms with Crippen LogP contribution < -0.4 is 11.1 Å². The fourth-order valence-corrected chi connectivity index (χ4v) is 2.07. The van der Waals surface area contributed by atoms with Crippen LogP contribution in [0, 0.1) is 0 Å². The van der Waals surface area contributed by atoms with Crippen molar-refractivity contribution in [1.29, 1.82) is 0 Å². The van der Waals surface area contributed by atoms with Gasteiger partial charge in [-0.1, -0.05) is 12.1 Å². The van der Waals surface area contributed by atoms with Crippen LogP contribution in [0.2, 0.25) is 0 Å². The van der Waals surface area contributed by atoms with E-state index in [1.807, 2.05) is 36.4 Å². The number of anilines is 3. The summed E-state index contributed by atoms with van der Waals surface area (Å²) >= 11 is 0. The smallest absolute Gasteiger partial charge is 0.229 e. The van der Waals surface area contributed by atoms with E-state index in [-0.39, 0.29) is 5.78 Å². The molecule has 0 spiro atoms. The third kappa shape index (κ3) is 2.67. The molecule has 3 aromatic rings. The number of para-hydroxylation sites is 1. The summed E-state index contributed by atoms with van der Waals surface area (Å²) in [6, 6.07) is 14.7. The molecule has 0 bridgehead atoms. The Kier molecular flexibility index (Phi) is 3.23. The normalized spacial score (nSPS) is 10.5. The second-order valence-corrected chi connectivity index (χ2v) is 4.71. The van der Waals surface area contributed by atoms with Crippen LogP contribution in [0.3, 0.4) is 0 Å². The monoisotopic (exact) mass is 278 g/mol. The third-order valence-electron chi connectivity index (χ3n) is 3.18. The minimum atomic E-state index is 0.0350. The van der Waals surface area contributed by atoms with Crippen molar-refractivity contribution < 1.29 is 4.79 Å². The number of nitrogens with one attached hydrogen (secondary N) is 1. The summed E-state index contributed by atoms with van der Waals surface area (Å²) in [6.07, 6.45) is 0. The quantitative estimate of drug-likeness (QED) is 0.719. The van der Waals surface area contributed by atoms with E-state index in [2.05, 4.69) is 15.3 Å². The number of ketones is 1. The fourth-order valence-electron chi connectivity index (χ4n) is 2.07. The second kappa shape index (κ2) is 5.20. The molecule has 3 N–H and O–H groups in total. The van der Waals surface area contributed by atoms with Crippen LogP contribution in [0.1, 0.15) is 17.3 Å². The lowest BCUT2D eigenvalue weighted by atomic mass is 10.1. The van der Waals surface area contributed by atoms with E-state index >= 15 is 0 Å². The summed E-state index contributed by atoms with van der Waals surface area (Å²) in [4.78, 5) is 19.9. The first kappa shape index (κ1) is 13.1. The molecule has 0 saturated carbocycles. The number of carbonyl (C=O) groups excluding carboxylic acids is 1. The molecule has 1 aromatic heterocycles. The average Bonchev–Trinajstić information content (AvgIpc) is 2.48. The molecule has 0 unspecified atom stereocenters. The van der Waals surface area contributed by atoms with E-state index in [9.17, 15) is 4.79 Å². The molecular weight excluding hydrogens is 264 g/mol. The van der Waals surface area contributed by atoms with Crippen molar-refractivity contribution >= 4 is 34.1 Å². The standard InChI is InChI=1S/C16H14N4O/c1-10(21)11-6-8-12(9-7-11)18-16-19-14-5-3-2-4-13(14)15(17)20-16/h2-9H,1H3,(H3,17,18,19,20). The Morgan fingerprint density at radius 3 is 2.48 bits per heavy atom. The molecule has 104 valence electrons. The van der Waals surface area contributed by atoms with Crippen LogP contribution in [0.15, 0.2) is 48.5 Å². The molecule has 1 heterocycles. The molecular formula is C16H14N4O. The second-order valence-electron chi connectivity index (χ2n) is 4.71. The largest absolute Gasteiger partial charge is 0.383 e. The zero-order valence-electron chi connectivity index (χ0n) is 11.5. The Bertz CT molecular complexity index is 812. The Morgan fingerprint density at radius 2 is 1.76 bits per heavy atom. The number of hydrogen-bond donors (Lipinski definition) is 2. The van der Waals surface area contributed by atoms with Crippen molar-refractivity contribution in [2.24, 2.45) is 0 Å². The minimum absolute atomic E-state index is 0.0350. The van der Waals surface area contributed by atoms with Gasteiger partial charge in [-0.25, -0.2) is 4.98 Å². The van der Waals surface area contributed by atoms with E-state index in [1.165, 1.54) is 6.92 Å². The van der Waals surface area contributed by atoms with Crippen LogP contribution in [-0.4, -0.2) is 15.8 Å². The Balaban J connectivity index is 1.92. The minimum Gasteiger partial charge on any atom is -0.383 e. The summed E-state index contributed by atoms with van der Waals surface area (Å²) in [5, 5.41) is 3.92. The Morgan fingerprint density at radius 1 is 1.05 bits per heavy atom. The number of benzene rings is 2. The molecule has 0 aliphatic heterocycles. The number of hydrogen-bond acceptors (Lipinski definition) is 5. The van der Waals surface area contributed by atoms with Gasteiger partial charge in [-0.3, -0.25) is 4.79 Å². The number of rotatable bonds is 3. The first-order valence-corrected chi connectivity index (χ1v) is 6.54. The van der Waals surface area contributed by atoms with Gasteiger partial charge in [0.2, 0.25) is 5.95 Å². The molecule has 5 heteroatoms. The highest BCUT2D eigenvalue weighted by Crippen LogP contribution is 2.21. The topological polar surface area (TPSA) is 80.9 Å². The highest BCUT2D eigenvalue weighted by atomic mass is 16.1. The number of nitrogen functional groups attached to an aromatic ring is 1. The molecule has 21 heavy (non-hydrogen) atoms. The summed E-state index contributed by atoms with van der Waals surface area (Å²) in [5.74, 6) is 0.901. The lowest BCUT2D eigenvalue weighted by Crippen LogP contribution is -2.01. The fraction of sp³-hybridized carbons (Fsp3) is 0.0625. The summed E-state index contributed by atoms with van der Waals surface area (Å²) in [6.45, 7) is 1.54. The Labute approximate surface area is 121 Å². The van der Waals surface area contributed by atoms with Gasteiger partial charge in [-0.15, -0.1) is 0 Å².